The Balaban J connectivity index is 1.56. The molecule has 2 aliphatic rings. The Morgan fingerprint density at radius 2 is 2.03 bits per heavy atom. The van der Waals surface area contributed by atoms with Crippen molar-refractivity contribution in [1.82, 2.24) is 10.2 Å². The molecular formula is C23H24N2O7. The molecule has 0 aliphatic carbocycles. The number of carbonyl (C=O) groups excluding carboxylic acids is 2. The van der Waals surface area contributed by atoms with Crippen molar-refractivity contribution in [2.75, 3.05) is 34.6 Å². The van der Waals surface area contributed by atoms with Crippen molar-refractivity contribution >= 4 is 17.9 Å². The Hall–Kier alpha value is -3.88. The summed E-state index contributed by atoms with van der Waals surface area (Å²) in [7, 11) is 4.79. The molecule has 0 aromatic heterocycles. The van der Waals surface area contributed by atoms with Crippen molar-refractivity contribution in [2.24, 2.45) is 0 Å². The Kier molecular flexibility index (Phi) is 5.81. The molecular weight excluding hydrogens is 416 g/mol. The zero-order chi connectivity index (χ0) is 22.8. The third-order valence-electron chi connectivity index (χ3n) is 5.56. The zero-order valence-corrected chi connectivity index (χ0v) is 18.1. The molecule has 2 aromatic rings. The number of nitrogens with zero attached hydrogens (tertiary/aromatic N) is 1. The summed E-state index contributed by atoms with van der Waals surface area (Å²) in [4.78, 5) is 26.7. The SMILES string of the molecule is COc1ccc(/C=C/C(=O)NCc2c3c(c(O)c4c2OCO4)C(=O)N(C)CC3)c(OC)c1. The van der Waals surface area contributed by atoms with Crippen LogP contribution in [0.1, 0.15) is 27.0 Å². The minimum atomic E-state index is -0.336. The number of carbonyl (C=O) groups is 2. The zero-order valence-electron chi connectivity index (χ0n) is 18.1. The van der Waals surface area contributed by atoms with Crippen molar-refractivity contribution in [3.63, 3.8) is 0 Å². The maximum absolute atomic E-state index is 12.6. The molecule has 168 valence electrons. The molecule has 0 spiro atoms. The number of amides is 2. The molecule has 2 heterocycles. The summed E-state index contributed by atoms with van der Waals surface area (Å²) < 4.78 is 21.4. The molecule has 0 bridgehead atoms. The number of aromatic hydroxyl groups is 1. The molecule has 2 aromatic carbocycles. The average molecular weight is 440 g/mol. The van der Waals surface area contributed by atoms with Gasteiger partial charge in [0.15, 0.2) is 11.5 Å². The van der Waals surface area contributed by atoms with Crippen LogP contribution in [0.2, 0.25) is 0 Å². The van der Waals surface area contributed by atoms with Crippen LogP contribution >= 0.6 is 0 Å². The van der Waals surface area contributed by atoms with Gasteiger partial charge in [-0.15, -0.1) is 0 Å². The number of phenolic OH excluding ortho intramolecular Hbond substituents is 1. The minimum absolute atomic E-state index is 0.0616. The van der Waals surface area contributed by atoms with E-state index in [1.807, 2.05) is 0 Å². The van der Waals surface area contributed by atoms with E-state index >= 15 is 0 Å². The fourth-order valence-corrected chi connectivity index (χ4v) is 3.84. The van der Waals surface area contributed by atoms with Crippen molar-refractivity contribution in [1.29, 1.82) is 0 Å². The molecule has 0 saturated heterocycles. The van der Waals surface area contributed by atoms with Crippen LogP contribution in [0.15, 0.2) is 24.3 Å². The first-order valence-electron chi connectivity index (χ1n) is 10.0. The minimum Gasteiger partial charge on any atom is -0.504 e. The second-order valence-electron chi connectivity index (χ2n) is 7.38. The van der Waals surface area contributed by atoms with Crippen LogP contribution in [-0.2, 0) is 17.8 Å². The molecule has 9 nitrogen and oxygen atoms in total. The number of hydrogen-bond donors (Lipinski definition) is 2. The van der Waals surface area contributed by atoms with E-state index in [2.05, 4.69) is 5.32 Å². The van der Waals surface area contributed by atoms with E-state index in [1.54, 1.807) is 45.5 Å². The number of methoxy groups -OCH3 is 2. The van der Waals surface area contributed by atoms with Crippen LogP contribution in [-0.4, -0.2) is 56.4 Å². The van der Waals surface area contributed by atoms with E-state index in [9.17, 15) is 14.7 Å². The summed E-state index contributed by atoms with van der Waals surface area (Å²) in [5.74, 6) is 0.877. The van der Waals surface area contributed by atoms with Gasteiger partial charge in [0, 0.05) is 43.4 Å². The first-order valence-corrected chi connectivity index (χ1v) is 10.0. The Morgan fingerprint density at radius 1 is 1.25 bits per heavy atom. The van der Waals surface area contributed by atoms with E-state index in [0.717, 1.165) is 5.56 Å². The van der Waals surface area contributed by atoms with Crippen LogP contribution in [0.3, 0.4) is 0 Å². The fraction of sp³-hybridized carbons (Fsp3) is 0.304. The molecule has 0 radical (unpaired) electrons. The van der Waals surface area contributed by atoms with Gasteiger partial charge in [-0.25, -0.2) is 0 Å². The number of ether oxygens (including phenoxy) is 4. The number of hydrogen-bond acceptors (Lipinski definition) is 7. The van der Waals surface area contributed by atoms with Gasteiger partial charge in [0.2, 0.25) is 18.4 Å². The van der Waals surface area contributed by atoms with Gasteiger partial charge in [-0.3, -0.25) is 9.59 Å². The lowest BCUT2D eigenvalue weighted by Gasteiger charge is -2.28. The fourth-order valence-electron chi connectivity index (χ4n) is 3.84. The first kappa shape index (κ1) is 21.4. The Bertz CT molecular complexity index is 1110. The number of phenols is 1. The lowest BCUT2D eigenvalue weighted by Crippen LogP contribution is -2.35. The van der Waals surface area contributed by atoms with Gasteiger partial charge in [0.05, 0.1) is 19.8 Å². The van der Waals surface area contributed by atoms with Gasteiger partial charge in [-0.1, -0.05) is 0 Å². The lowest BCUT2D eigenvalue weighted by molar-refractivity contribution is -0.116. The predicted molar refractivity (Wildman–Crippen MR) is 115 cm³/mol. The summed E-state index contributed by atoms with van der Waals surface area (Å²) in [6.07, 6.45) is 3.57. The third-order valence-corrected chi connectivity index (χ3v) is 5.56. The highest BCUT2D eigenvalue weighted by Gasteiger charge is 2.35. The van der Waals surface area contributed by atoms with Crippen LogP contribution in [0.4, 0.5) is 0 Å². The van der Waals surface area contributed by atoms with Crippen molar-refractivity contribution in [3.05, 3.63) is 46.5 Å². The van der Waals surface area contributed by atoms with E-state index < -0.39 is 0 Å². The standard InChI is InChI=1S/C23H24N2O7/c1-25-9-8-15-16(21-22(32-12-31-21)20(27)19(15)23(25)28)11-24-18(26)7-5-13-4-6-14(29-2)10-17(13)30-3/h4-7,10,27H,8-9,11-12H2,1-3H3,(H,24,26)/b7-5+. The lowest BCUT2D eigenvalue weighted by atomic mass is 9.91. The van der Waals surface area contributed by atoms with Gasteiger partial charge in [0.1, 0.15) is 11.5 Å². The summed E-state index contributed by atoms with van der Waals surface area (Å²) in [5, 5.41) is 13.4. The second-order valence-corrected chi connectivity index (χ2v) is 7.38. The molecule has 2 aliphatic heterocycles. The monoisotopic (exact) mass is 440 g/mol. The summed E-state index contributed by atoms with van der Waals surface area (Å²) in [6, 6.07) is 5.30. The smallest absolute Gasteiger partial charge is 0.257 e. The van der Waals surface area contributed by atoms with E-state index in [1.165, 1.54) is 11.0 Å². The van der Waals surface area contributed by atoms with E-state index in [-0.39, 0.29) is 42.2 Å². The molecule has 0 saturated carbocycles. The normalized spacial score (nSPS) is 14.5. The van der Waals surface area contributed by atoms with Crippen LogP contribution in [0.25, 0.3) is 6.08 Å². The summed E-state index contributed by atoms with van der Waals surface area (Å²) >= 11 is 0. The number of benzene rings is 2. The average Bonchev–Trinajstić information content (AvgIpc) is 3.29. The van der Waals surface area contributed by atoms with Gasteiger partial charge in [0.25, 0.3) is 5.91 Å². The summed E-state index contributed by atoms with van der Waals surface area (Å²) in [5.41, 5.74) is 2.22. The Morgan fingerprint density at radius 3 is 2.78 bits per heavy atom. The highest BCUT2D eigenvalue weighted by Crippen LogP contribution is 2.48. The second kappa shape index (κ2) is 8.70. The number of likely N-dealkylation sites (N-methyl/N-ethyl adjacent to an activating group) is 1. The largest absolute Gasteiger partial charge is 0.504 e. The molecule has 0 fully saturated rings. The molecule has 2 N–H and O–H groups in total. The van der Waals surface area contributed by atoms with Crippen LogP contribution in [0, 0.1) is 0 Å². The number of rotatable bonds is 6. The van der Waals surface area contributed by atoms with Gasteiger partial charge in [-0.2, -0.15) is 0 Å². The highest BCUT2D eigenvalue weighted by atomic mass is 16.7. The Labute approximate surface area is 185 Å². The predicted octanol–water partition coefficient (Wildman–Crippen LogP) is 2.10. The maximum atomic E-state index is 12.6. The highest BCUT2D eigenvalue weighted by molar-refractivity contribution is 6.01. The number of fused-ring (bicyclic) bond motifs is 2. The van der Waals surface area contributed by atoms with Gasteiger partial charge in [-0.05, 0) is 30.2 Å². The molecule has 2 amide bonds. The summed E-state index contributed by atoms with van der Waals surface area (Å²) in [6.45, 7) is 0.561. The van der Waals surface area contributed by atoms with Crippen molar-refractivity contribution < 1.29 is 33.6 Å². The molecule has 32 heavy (non-hydrogen) atoms. The van der Waals surface area contributed by atoms with E-state index in [0.29, 0.717) is 41.3 Å². The topological polar surface area (TPSA) is 107 Å². The quantitative estimate of drug-likeness (QED) is 0.663. The molecule has 0 atom stereocenters. The molecule has 4 rings (SSSR count). The third kappa shape index (κ3) is 3.77. The van der Waals surface area contributed by atoms with Gasteiger partial charge >= 0.3 is 0 Å². The molecule has 0 unspecified atom stereocenters. The van der Waals surface area contributed by atoms with Crippen molar-refractivity contribution in [3.8, 4) is 28.7 Å². The number of nitrogens with one attached hydrogen (secondary N) is 1. The van der Waals surface area contributed by atoms with Gasteiger partial charge < -0.3 is 34.3 Å². The van der Waals surface area contributed by atoms with Crippen LogP contribution in [0.5, 0.6) is 28.7 Å². The van der Waals surface area contributed by atoms with Crippen molar-refractivity contribution in [2.45, 2.75) is 13.0 Å². The maximum Gasteiger partial charge on any atom is 0.257 e. The molecule has 9 heteroatoms. The first-order chi connectivity index (χ1) is 15.4. The van der Waals surface area contributed by atoms with E-state index in [4.69, 9.17) is 18.9 Å². The van der Waals surface area contributed by atoms with Crippen LogP contribution < -0.4 is 24.3 Å².